The Kier molecular flexibility index (Phi) is 4.94. The molecule has 28 heavy (non-hydrogen) atoms. The zero-order valence-electron chi connectivity index (χ0n) is 16.4. The Balaban J connectivity index is 1.92. The molecule has 1 heterocycles. The first-order valence-electron chi connectivity index (χ1n) is 9.43. The van der Waals surface area contributed by atoms with Crippen molar-refractivity contribution in [3.05, 3.63) is 96.1 Å². The largest absolute Gasteiger partial charge is 0.496 e. The van der Waals surface area contributed by atoms with E-state index in [0.717, 1.165) is 39.4 Å². The molecule has 0 spiro atoms. The number of rotatable bonds is 4. The maximum atomic E-state index is 5.60. The molecule has 0 atom stereocenters. The topological polar surface area (TPSA) is 22.1 Å². The molecule has 0 radical (unpaired) electrons. The van der Waals surface area contributed by atoms with Gasteiger partial charge in [0.25, 0.3) is 0 Å². The third kappa shape index (κ3) is 3.67. The second kappa shape index (κ2) is 7.69. The van der Waals surface area contributed by atoms with Crippen LogP contribution in [0.2, 0.25) is 0 Å². The molecule has 0 aliphatic carbocycles. The molecule has 0 aliphatic rings. The fraction of sp³-hybridized carbons (Fsp3) is 0.115. The SMILES string of the molecule is COc1ccccc1-c1cc(-c2ccc(C)cc2)nc(-c2ccc(C)cc2)c1. The van der Waals surface area contributed by atoms with Crippen LogP contribution in [0.4, 0.5) is 0 Å². The summed E-state index contributed by atoms with van der Waals surface area (Å²) in [5.74, 6) is 0.860. The van der Waals surface area contributed by atoms with Gasteiger partial charge >= 0.3 is 0 Å². The van der Waals surface area contributed by atoms with Crippen LogP contribution in [-0.4, -0.2) is 12.1 Å². The Bertz CT molecular complexity index is 1030. The van der Waals surface area contributed by atoms with E-state index in [2.05, 4.69) is 80.6 Å². The highest BCUT2D eigenvalue weighted by Crippen LogP contribution is 2.34. The van der Waals surface area contributed by atoms with Crippen molar-refractivity contribution in [2.24, 2.45) is 0 Å². The minimum Gasteiger partial charge on any atom is -0.496 e. The first kappa shape index (κ1) is 18.0. The molecule has 2 heteroatoms. The standard InChI is InChI=1S/C26H23NO/c1-18-8-12-20(13-9-18)24-16-22(23-6-4-5-7-26(23)28-3)17-25(27-24)21-14-10-19(2)11-15-21/h4-17H,1-3H3. The molecule has 138 valence electrons. The summed E-state index contributed by atoms with van der Waals surface area (Å²) in [7, 11) is 1.71. The van der Waals surface area contributed by atoms with Gasteiger partial charge in [-0.15, -0.1) is 0 Å². The van der Waals surface area contributed by atoms with E-state index in [0.29, 0.717) is 0 Å². The Labute approximate surface area is 166 Å². The monoisotopic (exact) mass is 365 g/mol. The zero-order chi connectivity index (χ0) is 19.5. The number of benzene rings is 3. The molecule has 4 aromatic rings. The number of hydrogen-bond acceptors (Lipinski definition) is 2. The smallest absolute Gasteiger partial charge is 0.126 e. The maximum absolute atomic E-state index is 5.60. The summed E-state index contributed by atoms with van der Waals surface area (Å²) in [5.41, 5.74) is 8.77. The molecule has 0 N–H and O–H groups in total. The minimum absolute atomic E-state index is 0.860. The lowest BCUT2D eigenvalue weighted by Crippen LogP contribution is -1.93. The molecular weight excluding hydrogens is 342 g/mol. The fourth-order valence-electron chi connectivity index (χ4n) is 3.31. The molecule has 0 fully saturated rings. The van der Waals surface area contributed by atoms with Gasteiger partial charge in [-0.05, 0) is 37.6 Å². The van der Waals surface area contributed by atoms with Crippen LogP contribution in [0.5, 0.6) is 5.75 Å². The number of aryl methyl sites for hydroxylation is 2. The van der Waals surface area contributed by atoms with Crippen molar-refractivity contribution in [2.45, 2.75) is 13.8 Å². The summed E-state index contributed by atoms with van der Waals surface area (Å²) >= 11 is 0. The van der Waals surface area contributed by atoms with Gasteiger partial charge in [-0.3, -0.25) is 0 Å². The van der Waals surface area contributed by atoms with E-state index in [4.69, 9.17) is 9.72 Å². The summed E-state index contributed by atoms with van der Waals surface area (Å²) in [6.45, 7) is 4.19. The van der Waals surface area contributed by atoms with E-state index >= 15 is 0 Å². The first-order chi connectivity index (χ1) is 13.6. The van der Waals surface area contributed by atoms with Crippen LogP contribution in [0.25, 0.3) is 33.6 Å². The minimum atomic E-state index is 0.860. The summed E-state index contributed by atoms with van der Waals surface area (Å²) in [6.07, 6.45) is 0. The Morgan fingerprint density at radius 3 is 1.61 bits per heavy atom. The number of pyridine rings is 1. The van der Waals surface area contributed by atoms with Crippen molar-refractivity contribution in [1.29, 1.82) is 0 Å². The van der Waals surface area contributed by atoms with Gasteiger partial charge in [0.15, 0.2) is 0 Å². The van der Waals surface area contributed by atoms with Crippen molar-refractivity contribution in [3.63, 3.8) is 0 Å². The van der Waals surface area contributed by atoms with Gasteiger partial charge in [-0.25, -0.2) is 4.98 Å². The molecule has 0 aliphatic heterocycles. The number of methoxy groups -OCH3 is 1. The molecule has 0 saturated heterocycles. The lowest BCUT2D eigenvalue weighted by molar-refractivity contribution is 0.416. The van der Waals surface area contributed by atoms with Gasteiger partial charge in [0, 0.05) is 16.7 Å². The highest BCUT2D eigenvalue weighted by molar-refractivity contribution is 5.79. The summed E-state index contributed by atoms with van der Waals surface area (Å²) in [4.78, 5) is 4.97. The summed E-state index contributed by atoms with van der Waals surface area (Å²) < 4.78 is 5.60. The quantitative estimate of drug-likeness (QED) is 0.401. The van der Waals surface area contributed by atoms with Gasteiger partial charge in [0.05, 0.1) is 18.5 Å². The Morgan fingerprint density at radius 2 is 1.11 bits per heavy atom. The van der Waals surface area contributed by atoms with Crippen LogP contribution >= 0.6 is 0 Å². The number of aromatic nitrogens is 1. The number of para-hydroxylation sites is 1. The molecule has 0 saturated carbocycles. The second-order valence-corrected chi connectivity index (χ2v) is 7.06. The molecule has 3 aromatic carbocycles. The van der Waals surface area contributed by atoms with Crippen molar-refractivity contribution in [1.82, 2.24) is 4.98 Å². The molecule has 0 amide bonds. The highest BCUT2D eigenvalue weighted by atomic mass is 16.5. The molecular formula is C26H23NO. The van der Waals surface area contributed by atoms with Gasteiger partial charge in [0.1, 0.15) is 5.75 Å². The van der Waals surface area contributed by atoms with Crippen molar-refractivity contribution >= 4 is 0 Å². The molecule has 2 nitrogen and oxygen atoms in total. The van der Waals surface area contributed by atoms with E-state index in [1.165, 1.54) is 11.1 Å². The lowest BCUT2D eigenvalue weighted by Gasteiger charge is -2.13. The van der Waals surface area contributed by atoms with E-state index in [-0.39, 0.29) is 0 Å². The Morgan fingerprint density at radius 1 is 0.607 bits per heavy atom. The normalized spacial score (nSPS) is 10.7. The van der Waals surface area contributed by atoms with E-state index in [1.54, 1.807) is 7.11 Å². The number of hydrogen-bond donors (Lipinski definition) is 0. The highest BCUT2D eigenvalue weighted by Gasteiger charge is 2.11. The predicted octanol–water partition coefficient (Wildman–Crippen LogP) is 6.71. The zero-order valence-corrected chi connectivity index (χ0v) is 16.4. The Hall–Kier alpha value is -3.39. The third-order valence-corrected chi connectivity index (χ3v) is 4.94. The van der Waals surface area contributed by atoms with Crippen LogP contribution < -0.4 is 4.74 Å². The van der Waals surface area contributed by atoms with Crippen LogP contribution in [0, 0.1) is 13.8 Å². The second-order valence-electron chi connectivity index (χ2n) is 7.06. The average Bonchev–Trinajstić information content (AvgIpc) is 2.74. The van der Waals surface area contributed by atoms with Gasteiger partial charge < -0.3 is 4.74 Å². The summed E-state index contributed by atoms with van der Waals surface area (Å²) in [5, 5.41) is 0. The van der Waals surface area contributed by atoms with Crippen LogP contribution in [0.15, 0.2) is 84.9 Å². The number of nitrogens with zero attached hydrogens (tertiary/aromatic N) is 1. The van der Waals surface area contributed by atoms with E-state index < -0.39 is 0 Å². The molecule has 0 unspecified atom stereocenters. The van der Waals surface area contributed by atoms with E-state index in [1.807, 2.05) is 18.2 Å². The van der Waals surface area contributed by atoms with Crippen molar-refractivity contribution in [3.8, 4) is 39.4 Å². The van der Waals surface area contributed by atoms with Crippen molar-refractivity contribution in [2.75, 3.05) is 7.11 Å². The van der Waals surface area contributed by atoms with Gasteiger partial charge in [-0.1, -0.05) is 77.9 Å². The van der Waals surface area contributed by atoms with Crippen LogP contribution in [-0.2, 0) is 0 Å². The van der Waals surface area contributed by atoms with Crippen molar-refractivity contribution < 1.29 is 4.74 Å². The third-order valence-electron chi connectivity index (χ3n) is 4.94. The lowest BCUT2D eigenvalue weighted by atomic mass is 9.98. The first-order valence-corrected chi connectivity index (χ1v) is 9.43. The maximum Gasteiger partial charge on any atom is 0.126 e. The molecule has 4 rings (SSSR count). The van der Waals surface area contributed by atoms with E-state index in [9.17, 15) is 0 Å². The van der Waals surface area contributed by atoms with Gasteiger partial charge in [-0.2, -0.15) is 0 Å². The van der Waals surface area contributed by atoms with Crippen LogP contribution in [0.1, 0.15) is 11.1 Å². The molecule has 0 bridgehead atoms. The fourth-order valence-corrected chi connectivity index (χ4v) is 3.31. The van der Waals surface area contributed by atoms with Gasteiger partial charge in [0.2, 0.25) is 0 Å². The van der Waals surface area contributed by atoms with Crippen LogP contribution in [0.3, 0.4) is 0 Å². The summed E-state index contributed by atoms with van der Waals surface area (Å²) in [6, 6.07) is 29.4. The molecule has 1 aromatic heterocycles. The average molecular weight is 365 g/mol. The number of ether oxygens (including phenoxy) is 1. The predicted molar refractivity (Wildman–Crippen MR) is 117 cm³/mol.